The van der Waals surface area contributed by atoms with Crippen LogP contribution in [0.5, 0.6) is 0 Å². The Balaban J connectivity index is 1.51. The molecule has 1 aliphatic rings. The monoisotopic (exact) mass is 442 g/mol. The molecule has 3 heteroatoms. The fourth-order valence-corrected chi connectivity index (χ4v) is 4.81. The van der Waals surface area contributed by atoms with Gasteiger partial charge in [0.15, 0.2) is 0 Å². The van der Waals surface area contributed by atoms with Crippen LogP contribution in [0.2, 0.25) is 0 Å². The van der Waals surface area contributed by atoms with Gasteiger partial charge in [0.05, 0.1) is 11.4 Å². The predicted molar refractivity (Wildman–Crippen MR) is 123 cm³/mol. The van der Waals surface area contributed by atoms with Gasteiger partial charge < -0.3 is 0 Å². The zero-order valence-electron chi connectivity index (χ0n) is 17.4. The maximum absolute atomic E-state index is 4.61. The zero-order chi connectivity index (χ0) is 19.6. The van der Waals surface area contributed by atoms with Crippen LogP contribution in [0.1, 0.15) is 88.3 Å². The molecule has 0 unspecified atom stereocenters. The van der Waals surface area contributed by atoms with Gasteiger partial charge in [0.2, 0.25) is 0 Å². The summed E-state index contributed by atoms with van der Waals surface area (Å²) in [5, 5.41) is 10.3. The third-order valence-corrected chi connectivity index (χ3v) is 6.83. The molecule has 1 aromatic carbocycles. The maximum Gasteiger partial charge on any atom is 0.0929 e. The number of rotatable bonds is 10. The molecule has 0 saturated heterocycles. The molecule has 0 amide bonds. The van der Waals surface area contributed by atoms with Crippen LogP contribution in [0, 0.1) is 5.92 Å². The Bertz CT molecular complexity index is 673. The zero-order valence-corrected chi connectivity index (χ0v) is 19.0. The Morgan fingerprint density at radius 1 is 0.857 bits per heavy atom. The number of halogens is 1. The molecule has 1 saturated carbocycles. The summed E-state index contributed by atoms with van der Waals surface area (Å²) in [6, 6.07) is 13.3. The van der Waals surface area contributed by atoms with Crippen molar-refractivity contribution < 1.29 is 0 Å². The molecule has 0 atom stereocenters. The Kier molecular flexibility index (Phi) is 8.98. The van der Waals surface area contributed by atoms with E-state index in [0.29, 0.717) is 5.92 Å². The number of aryl methyl sites for hydroxylation is 1. The summed E-state index contributed by atoms with van der Waals surface area (Å²) in [5.41, 5.74) is 4.79. The van der Waals surface area contributed by atoms with E-state index in [9.17, 15) is 0 Å². The van der Waals surface area contributed by atoms with E-state index in [1.54, 1.807) is 0 Å². The molecule has 152 valence electrons. The number of nitrogens with zero attached hydrogens (tertiary/aromatic N) is 2. The van der Waals surface area contributed by atoms with Crippen LogP contribution < -0.4 is 0 Å². The Labute approximate surface area is 179 Å². The Morgan fingerprint density at radius 3 is 2.29 bits per heavy atom. The minimum absolute atomic E-state index is 0.606. The summed E-state index contributed by atoms with van der Waals surface area (Å²) in [7, 11) is 0. The molecule has 0 N–H and O–H groups in total. The molecule has 3 rings (SSSR count). The first-order chi connectivity index (χ1) is 13.8. The second-order valence-corrected chi connectivity index (χ2v) is 9.19. The van der Waals surface area contributed by atoms with E-state index in [-0.39, 0.29) is 0 Å². The summed E-state index contributed by atoms with van der Waals surface area (Å²) < 4.78 is 0. The molecule has 1 fully saturated rings. The van der Waals surface area contributed by atoms with Crippen molar-refractivity contribution in [3.63, 3.8) is 0 Å². The average Bonchev–Trinajstić information content (AvgIpc) is 2.75. The highest BCUT2D eigenvalue weighted by Gasteiger charge is 2.23. The highest BCUT2D eigenvalue weighted by molar-refractivity contribution is 9.09. The fourth-order valence-electron chi connectivity index (χ4n) is 4.41. The van der Waals surface area contributed by atoms with Gasteiger partial charge >= 0.3 is 0 Å². The highest BCUT2D eigenvalue weighted by Crippen LogP contribution is 2.37. The summed E-state index contributed by atoms with van der Waals surface area (Å²) >= 11 is 3.54. The van der Waals surface area contributed by atoms with E-state index in [0.717, 1.165) is 16.9 Å². The normalized spacial score (nSPS) is 19.6. The average molecular weight is 443 g/mol. The summed E-state index contributed by atoms with van der Waals surface area (Å²) in [6.07, 6.45) is 14.4. The van der Waals surface area contributed by atoms with Crippen LogP contribution in [-0.4, -0.2) is 15.5 Å². The molecule has 1 heterocycles. The van der Waals surface area contributed by atoms with Crippen LogP contribution in [0.3, 0.4) is 0 Å². The second-order valence-electron chi connectivity index (χ2n) is 8.40. The molecule has 1 aliphatic carbocycles. The molecule has 2 aromatic rings. The summed E-state index contributed by atoms with van der Waals surface area (Å²) in [5.74, 6) is 1.54. The van der Waals surface area contributed by atoms with E-state index in [4.69, 9.17) is 0 Å². The van der Waals surface area contributed by atoms with Crippen LogP contribution in [-0.2, 0) is 6.42 Å². The minimum Gasteiger partial charge on any atom is -0.155 e. The van der Waals surface area contributed by atoms with Gasteiger partial charge in [-0.05, 0) is 68.6 Å². The van der Waals surface area contributed by atoms with E-state index in [1.807, 2.05) is 0 Å². The molecule has 28 heavy (non-hydrogen) atoms. The van der Waals surface area contributed by atoms with Crippen molar-refractivity contribution in [2.24, 2.45) is 5.92 Å². The van der Waals surface area contributed by atoms with Gasteiger partial charge in [-0.3, -0.25) is 0 Å². The minimum atomic E-state index is 0.606. The lowest BCUT2D eigenvalue weighted by Gasteiger charge is -2.28. The van der Waals surface area contributed by atoms with Crippen molar-refractivity contribution in [3.8, 4) is 11.3 Å². The van der Waals surface area contributed by atoms with Gasteiger partial charge in [0.25, 0.3) is 0 Å². The van der Waals surface area contributed by atoms with Gasteiger partial charge in [-0.2, -0.15) is 10.2 Å². The van der Waals surface area contributed by atoms with Gasteiger partial charge in [-0.15, -0.1) is 0 Å². The number of alkyl halides is 1. The highest BCUT2D eigenvalue weighted by atomic mass is 79.9. The first-order valence-electron chi connectivity index (χ1n) is 11.3. The lowest BCUT2D eigenvalue weighted by Crippen LogP contribution is -2.14. The molecule has 2 nitrogen and oxygen atoms in total. The number of hydrogen-bond donors (Lipinski definition) is 0. The lowest BCUT2D eigenvalue weighted by atomic mass is 9.78. The number of aromatic nitrogens is 2. The quantitative estimate of drug-likeness (QED) is 0.278. The topological polar surface area (TPSA) is 25.8 Å². The van der Waals surface area contributed by atoms with E-state index >= 15 is 0 Å². The van der Waals surface area contributed by atoms with Gasteiger partial charge in [-0.1, -0.05) is 72.8 Å². The van der Waals surface area contributed by atoms with Crippen molar-refractivity contribution in [3.05, 3.63) is 47.7 Å². The van der Waals surface area contributed by atoms with Gasteiger partial charge in [0, 0.05) is 16.8 Å². The standard InChI is InChI=1S/C25H35BrN2/c1-2-3-4-7-20-9-13-22(14-10-20)24-17-18-25(28-27-24)23-15-11-21(12-16-23)8-5-6-19-26/h9-10,13-14,17-18,21,23H,2-8,11-12,15-16,19H2,1H3/t21-,23-. The van der Waals surface area contributed by atoms with Crippen LogP contribution in [0.15, 0.2) is 36.4 Å². The van der Waals surface area contributed by atoms with Crippen molar-refractivity contribution in [1.29, 1.82) is 0 Å². The van der Waals surface area contributed by atoms with Crippen molar-refractivity contribution in [2.75, 3.05) is 5.33 Å². The third kappa shape index (κ3) is 6.40. The molecular weight excluding hydrogens is 408 g/mol. The molecule has 0 bridgehead atoms. The molecule has 0 radical (unpaired) electrons. The Hall–Kier alpha value is -1.22. The second kappa shape index (κ2) is 11.7. The van der Waals surface area contributed by atoms with E-state index in [2.05, 4.69) is 69.4 Å². The first kappa shape index (κ1) is 21.5. The smallest absolute Gasteiger partial charge is 0.0929 e. The number of hydrogen-bond acceptors (Lipinski definition) is 2. The van der Waals surface area contributed by atoms with Crippen LogP contribution in [0.25, 0.3) is 11.3 Å². The molecule has 0 aliphatic heterocycles. The fraction of sp³-hybridized carbons (Fsp3) is 0.600. The van der Waals surface area contributed by atoms with E-state index < -0.39 is 0 Å². The Morgan fingerprint density at radius 2 is 1.64 bits per heavy atom. The SMILES string of the molecule is CCCCCc1ccc(-c2ccc([C@H]3CC[C@H](CCCCBr)CC3)nn2)cc1. The van der Waals surface area contributed by atoms with E-state index in [1.165, 1.54) is 87.4 Å². The third-order valence-electron chi connectivity index (χ3n) is 6.26. The summed E-state index contributed by atoms with van der Waals surface area (Å²) in [4.78, 5) is 0. The summed E-state index contributed by atoms with van der Waals surface area (Å²) in [6.45, 7) is 2.25. The van der Waals surface area contributed by atoms with Gasteiger partial charge in [0.1, 0.15) is 0 Å². The van der Waals surface area contributed by atoms with Crippen molar-refractivity contribution >= 4 is 15.9 Å². The number of unbranched alkanes of at least 4 members (excludes halogenated alkanes) is 3. The van der Waals surface area contributed by atoms with Gasteiger partial charge in [-0.25, -0.2) is 0 Å². The largest absolute Gasteiger partial charge is 0.155 e. The predicted octanol–water partition coefficient (Wildman–Crippen LogP) is 7.72. The van der Waals surface area contributed by atoms with Crippen LogP contribution in [0.4, 0.5) is 0 Å². The maximum atomic E-state index is 4.61. The lowest BCUT2D eigenvalue weighted by molar-refractivity contribution is 0.301. The molecular formula is C25H35BrN2. The van der Waals surface area contributed by atoms with Crippen LogP contribution >= 0.6 is 15.9 Å². The number of benzene rings is 1. The van der Waals surface area contributed by atoms with Crippen molar-refractivity contribution in [1.82, 2.24) is 10.2 Å². The first-order valence-corrected chi connectivity index (χ1v) is 12.4. The molecule has 0 spiro atoms. The molecule has 1 aromatic heterocycles. The van der Waals surface area contributed by atoms with Crippen molar-refractivity contribution in [2.45, 2.75) is 83.5 Å².